The van der Waals surface area contributed by atoms with Crippen molar-refractivity contribution >= 4 is 15.7 Å². The van der Waals surface area contributed by atoms with E-state index in [9.17, 15) is 8.42 Å². The van der Waals surface area contributed by atoms with Gasteiger partial charge in [0.15, 0.2) is 0 Å². The number of benzene rings is 1. The van der Waals surface area contributed by atoms with Gasteiger partial charge in [0, 0.05) is 33.0 Å². The Labute approximate surface area is 128 Å². The van der Waals surface area contributed by atoms with E-state index in [1.54, 1.807) is 20.2 Å². The molecule has 0 aliphatic heterocycles. The Balaban J connectivity index is 3.20. The molecular formula is C15H26N2O3S. The first kappa shape index (κ1) is 17.9. The molecule has 0 saturated heterocycles. The largest absolute Gasteiger partial charge is 0.398 e. The molecule has 0 radical (unpaired) electrons. The lowest BCUT2D eigenvalue weighted by Crippen LogP contribution is -2.29. The summed E-state index contributed by atoms with van der Waals surface area (Å²) in [5.74, 6) is 0. The van der Waals surface area contributed by atoms with Gasteiger partial charge in [0.1, 0.15) is 0 Å². The number of hydrogen-bond donors (Lipinski definition) is 1. The van der Waals surface area contributed by atoms with E-state index in [1.807, 2.05) is 19.9 Å². The highest BCUT2D eigenvalue weighted by atomic mass is 32.2. The van der Waals surface area contributed by atoms with Gasteiger partial charge in [-0.25, -0.2) is 12.7 Å². The first-order chi connectivity index (χ1) is 9.88. The van der Waals surface area contributed by atoms with Crippen molar-refractivity contribution in [3.05, 3.63) is 23.3 Å². The Morgan fingerprint density at radius 2 is 1.90 bits per heavy atom. The topological polar surface area (TPSA) is 72.6 Å². The van der Waals surface area contributed by atoms with Gasteiger partial charge >= 0.3 is 0 Å². The van der Waals surface area contributed by atoms with Gasteiger partial charge in [0.05, 0.1) is 4.90 Å². The zero-order valence-corrected chi connectivity index (χ0v) is 14.2. The van der Waals surface area contributed by atoms with E-state index in [0.717, 1.165) is 12.0 Å². The van der Waals surface area contributed by atoms with Crippen LogP contribution in [-0.2, 0) is 27.6 Å². The molecular weight excluding hydrogens is 288 g/mol. The van der Waals surface area contributed by atoms with Gasteiger partial charge in [-0.2, -0.15) is 0 Å². The number of hydrogen-bond acceptors (Lipinski definition) is 4. The van der Waals surface area contributed by atoms with E-state index in [-0.39, 0.29) is 0 Å². The summed E-state index contributed by atoms with van der Waals surface area (Å²) in [6.45, 7) is 4.87. The Morgan fingerprint density at radius 3 is 2.43 bits per heavy atom. The normalized spacial score (nSPS) is 12.0. The second kappa shape index (κ2) is 7.77. The molecule has 0 aliphatic carbocycles. The minimum absolute atomic E-state index is 0.335. The third-order valence-electron chi connectivity index (χ3n) is 3.57. The number of anilines is 1. The summed E-state index contributed by atoms with van der Waals surface area (Å²) in [6, 6.07) is 3.61. The predicted octanol–water partition coefficient (Wildman–Crippen LogP) is 2.05. The van der Waals surface area contributed by atoms with E-state index >= 15 is 0 Å². The molecule has 1 rings (SSSR count). The fraction of sp³-hybridized carbons (Fsp3) is 0.600. The highest BCUT2D eigenvalue weighted by Crippen LogP contribution is 2.27. The SMILES string of the molecule is CCc1cc(N)c(CC)c(S(=O)(=O)N(C)CCCOC)c1. The molecule has 0 aromatic heterocycles. The van der Waals surface area contributed by atoms with Crippen LogP contribution in [0.3, 0.4) is 0 Å². The van der Waals surface area contributed by atoms with E-state index < -0.39 is 10.0 Å². The number of ether oxygens (including phenoxy) is 1. The van der Waals surface area contributed by atoms with Crippen molar-refractivity contribution in [2.24, 2.45) is 0 Å². The number of aryl methyl sites for hydroxylation is 1. The minimum Gasteiger partial charge on any atom is -0.398 e. The fourth-order valence-corrected chi connectivity index (χ4v) is 3.84. The molecule has 0 amide bonds. The van der Waals surface area contributed by atoms with Crippen molar-refractivity contribution in [1.82, 2.24) is 4.31 Å². The first-order valence-electron chi connectivity index (χ1n) is 7.25. The van der Waals surface area contributed by atoms with Crippen LogP contribution in [0.25, 0.3) is 0 Å². The van der Waals surface area contributed by atoms with Crippen LogP contribution in [0.15, 0.2) is 17.0 Å². The van der Waals surface area contributed by atoms with Crippen LogP contribution in [0.4, 0.5) is 5.69 Å². The molecule has 120 valence electrons. The number of nitrogens with two attached hydrogens (primary N) is 1. The number of methoxy groups -OCH3 is 1. The van der Waals surface area contributed by atoms with Crippen LogP contribution < -0.4 is 5.73 Å². The molecule has 1 aromatic carbocycles. The van der Waals surface area contributed by atoms with Gasteiger partial charge in [-0.15, -0.1) is 0 Å². The van der Waals surface area contributed by atoms with Crippen molar-refractivity contribution in [3.63, 3.8) is 0 Å². The zero-order valence-electron chi connectivity index (χ0n) is 13.3. The van der Waals surface area contributed by atoms with Crippen molar-refractivity contribution in [2.45, 2.75) is 38.0 Å². The second-order valence-corrected chi connectivity index (χ2v) is 7.06. The lowest BCUT2D eigenvalue weighted by molar-refractivity contribution is 0.189. The highest BCUT2D eigenvalue weighted by Gasteiger charge is 2.24. The summed E-state index contributed by atoms with van der Waals surface area (Å²) >= 11 is 0. The fourth-order valence-electron chi connectivity index (χ4n) is 2.26. The monoisotopic (exact) mass is 314 g/mol. The maximum absolute atomic E-state index is 12.8. The molecule has 21 heavy (non-hydrogen) atoms. The summed E-state index contributed by atoms with van der Waals surface area (Å²) in [6.07, 6.45) is 2.01. The van der Waals surface area contributed by atoms with Gasteiger partial charge in [-0.05, 0) is 42.5 Å². The summed E-state index contributed by atoms with van der Waals surface area (Å²) < 4.78 is 31.9. The van der Waals surface area contributed by atoms with Gasteiger partial charge in [0.2, 0.25) is 10.0 Å². The van der Waals surface area contributed by atoms with E-state index in [4.69, 9.17) is 10.5 Å². The average molecular weight is 314 g/mol. The van der Waals surface area contributed by atoms with Crippen LogP contribution >= 0.6 is 0 Å². The van der Waals surface area contributed by atoms with Gasteiger partial charge < -0.3 is 10.5 Å². The number of sulfonamides is 1. The molecule has 5 nitrogen and oxygen atoms in total. The molecule has 2 N–H and O–H groups in total. The van der Waals surface area contributed by atoms with Crippen LogP contribution in [0.2, 0.25) is 0 Å². The van der Waals surface area contributed by atoms with Crippen molar-refractivity contribution in [1.29, 1.82) is 0 Å². The molecule has 0 fully saturated rings. The maximum Gasteiger partial charge on any atom is 0.243 e. The van der Waals surface area contributed by atoms with E-state index in [2.05, 4.69) is 0 Å². The van der Waals surface area contributed by atoms with Crippen LogP contribution in [0.5, 0.6) is 0 Å². The molecule has 0 bridgehead atoms. The highest BCUT2D eigenvalue weighted by molar-refractivity contribution is 7.89. The predicted molar refractivity (Wildman–Crippen MR) is 85.9 cm³/mol. The van der Waals surface area contributed by atoms with Crippen LogP contribution in [-0.4, -0.2) is 40.0 Å². The second-order valence-electron chi connectivity index (χ2n) is 5.04. The molecule has 0 heterocycles. The number of nitrogens with zero attached hydrogens (tertiary/aromatic N) is 1. The molecule has 0 saturated carbocycles. The molecule has 6 heteroatoms. The minimum atomic E-state index is -3.52. The Kier molecular flexibility index (Phi) is 6.64. The third-order valence-corrected chi connectivity index (χ3v) is 5.50. The quantitative estimate of drug-likeness (QED) is 0.589. The Hall–Kier alpha value is -1.11. The summed E-state index contributed by atoms with van der Waals surface area (Å²) in [5.41, 5.74) is 8.22. The molecule has 0 atom stereocenters. The Morgan fingerprint density at radius 1 is 1.24 bits per heavy atom. The third kappa shape index (κ3) is 4.18. The molecule has 0 unspecified atom stereocenters. The van der Waals surface area contributed by atoms with Gasteiger partial charge in [0.25, 0.3) is 0 Å². The zero-order chi connectivity index (χ0) is 16.0. The van der Waals surface area contributed by atoms with Crippen LogP contribution in [0, 0.1) is 0 Å². The molecule has 0 aliphatic rings. The van der Waals surface area contributed by atoms with Crippen LogP contribution in [0.1, 0.15) is 31.4 Å². The van der Waals surface area contributed by atoms with Gasteiger partial charge in [-0.1, -0.05) is 13.8 Å². The summed E-state index contributed by atoms with van der Waals surface area (Å²) in [7, 11) is -0.317. The smallest absolute Gasteiger partial charge is 0.243 e. The maximum atomic E-state index is 12.8. The van der Waals surface area contributed by atoms with E-state index in [0.29, 0.717) is 42.1 Å². The number of nitrogen functional groups attached to an aromatic ring is 1. The standard InChI is InChI=1S/C15H26N2O3S/c1-5-12-10-14(16)13(6-2)15(11-12)21(18,19)17(3)8-7-9-20-4/h10-11H,5-9,16H2,1-4H3. The molecule has 0 spiro atoms. The molecule has 1 aromatic rings. The lowest BCUT2D eigenvalue weighted by atomic mass is 10.1. The number of rotatable bonds is 8. The van der Waals surface area contributed by atoms with Crippen molar-refractivity contribution < 1.29 is 13.2 Å². The summed E-state index contributed by atoms with van der Waals surface area (Å²) in [4.78, 5) is 0.335. The lowest BCUT2D eigenvalue weighted by Gasteiger charge is -2.20. The Bertz CT molecular complexity index is 571. The summed E-state index contributed by atoms with van der Waals surface area (Å²) in [5, 5.41) is 0. The van der Waals surface area contributed by atoms with Crippen molar-refractivity contribution in [3.8, 4) is 0 Å². The van der Waals surface area contributed by atoms with E-state index in [1.165, 1.54) is 4.31 Å². The van der Waals surface area contributed by atoms with Crippen molar-refractivity contribution in [2.75, 3.05) is 33.0 Å². The van der Waals surface area contributed by atoms with Gasteiger partial charge in [-0.3, -0.25) is 0 Å². The first-order valence-corrected chi connectivity index (χ1v) is 8.69. The average Bonchev–Trinajstić information content (AvgIpc) is 2.46.